The molecule has 0 radical (unpaired) electrons. The molecule has 6 heteroatoms. The van der Waals surface area contributed by atoms with Crippen molar-refractivity contribution in [2.45, 2.75) is 0 Å². The van der Waals surface area contributed by atoms with Crippen LogP contribution in [0.4, 0.5) is 0 Å². The van der Waals surface area contributed by atoms with Crippen molar-refractivity contribution in [3.05, 3.63) is 158 Å². The van der Waals surface area contributed by atoms with Crippen LogP contribution in [0.25, 0.3) is 104 Å². The number of rotatable bonds is 4. The van der Waals surface area contributed by atoms with Gasteiger partial charge in [0.05, 0.1) is 16.4 Å². The van der Waals surface area contributed by atoms with E-state index in [9.17, 15) is 0 Å². The molecule has 51 heavy (non-hydrogen) atoms. The van der Waals surface area contributed by atoms with Crippen LogP contribution < -0.4 is 0 Å². The quantitative estimate of drug-likeness (QED) is 0.187. The number of aromatic nitrogens is 4. The van der Waals surface area contributed by atoms with E-state index in [2.05, 4.69) is 102 Å². The predicted octanol–water partition coefficient (Wildman–Crippen LogP) is 12.2. The van der Waals surface area contributed by atoms with Crippen molar-refractivity contribution in [1.29, 1.82) is 0 Å². The molecular weight excluding hydrogens is 645 g/mol. The minimum Gasteiger partial charge on any atom is -0.455 e. The maximum absolute atomic E-state index is 7.05. The summed E-state index contributed by atoms with van der Waals surface area (Å²) in [6.45, 7) is 0. The van der Waals surface area contributed by atoms with Crippen LogP contribution in [0.3, 0.4) is 0 Å². The zero-order valence-electron chi connectivity index (χ0n) is 27.1. The molecule has 0 bridgehead atoms. The summed E-state index contributed by atoms with van der Waals surface area (Å²) in [5, 5.41) is 6.77. The Morgan fingerprint density at radius 3 is 1.69 bits per heavy atom. The molecule has 0 saturated heterocycles. The van der Waals surface area contributed by atoms with Gasteiger partial charge in [-0.3, -0.25) is 0 Å². The van der Waals surface area contributed by atoms with E-state index in [4.69, 9.17) is 19.4 Å². The van der Waals surface area contributed by atoms with Gasteiger partial charge in [-0.2, -0.15) is 0 Å². The lowest BCUT2D eigenvalue weighted by Gasteiger charge is -2.09. The van der Waals surface area contributed by atoms with Gasteiger partial charge >= 0.3 is 0 Å². The van der Waals surface area contributed by atoms with Crippen molar-refractivity contribution < 1.29 is 4.42 Å². The van der Waals surface area contributed by atoms with Crippen LogP contribution in [0.15, 0.2) is 162 Å². The molecule has 0 aliphatic heterocycles. The highest BCUT2D eigenvalue weighted by Gasteiger charge is 2.22. The predicted molar refractivity (Wildman–Crippen MR) is 211 cm³/mol. The van der Waals surface area contributed by atoms with Gasteiger partial charge in [0.2, 0.25) is 0 Å². The van der Waals surface area contributed by atoms with Gasteiger partial charge in [0.15, 0.2) is 17.5 Å². The second kappa shape index (κ2) is 10.9. The van der Waals surface area contributed by atoms with Gasteiger partial charge in [-0.1, -0.05) is 97.1 Å². The summed E-state index contributed by atoms with van der Waals surface area (Å²) in [6, 6.07) is 54.8. The van der Waals surface area contributed by atoms with Gasteiger partial charge in [0.25, 0.3) is 0 Å². The third kappa shape index (κ3) is 4.30. The van der Waals surface area contributed by atoms with Gasteiger partial charge in [-0.05, 0) is 60.7 Å². The molecule has 0 amide bonds. The number of nitrogens with zero attached hydrogens (tertiary/aromatic N) is 4. The van der Waals surface area contributed by atoms with Crippen LogP contribution in [0.2, 0.25) is 0 Å². The summed E-state index contributed by atoms with van der Waals surface area (Å²) in [4.78, 5) is 15.0. The Labute approximate surface area is 295 Å². The molecule has 0 spiro atoms. The smallest absolute Gasteiger partial charge is 0.164 e. The molecule has 7 aromatic carbocycles. The molecule has 11 rings (SSSR count). The maximum Gasteiger partial charge on any atom is 0.164 e. The van der Waals surface area contributed by atoms with Crippen molar-refractivity contribution in [2.24, 2.45) is 0 Å². The molecule has 0 unspecified atom stereocenters. The Morgan fingerprint density at radius 2 is 0.980 bits per heavy atom. The molecule has 0 aliphatic carbocycles. The highest BCUT2D eigenvalue weighted by atomic mass is 32.1. The lowest BCUT2D eigenvalue weighted by atomic mass is 10.0. The Hall–Kier alpha value is -6.63. The van der Waals surface area contributed by atoms with Crippen molar-refractivity contribution >= 4 is 75.3 Å². The molecule has 238 valence electrons. The molecule has 4 aromatic heterocycles. The molecule has 0 atom stereocenters. The molecule has 0 N–H and O–H groups in total. The van der Waals surface area contributed by atoms with Crippen molar-refractivity contribution in [2.75, 3.05) is 0 Å². The first-order valence-corrected chi connectivity index (χ1v) is 17.8. The third-order valence-electron chi connectivity index (χ3n) is 9.85. The molecule has 0 saturated carbocycles. The van der Waals surface area contributed by atoms with Gasteiger partial charge < -0.3 is 8.98 Å². The number of fused-ring (bicyclic) bond motifs is 11. The summed E-state index contributed by atoms with van der Waals surface area (Å²) >= 11 is 1.81. The molecule has 11 aromatic rings. The largest absolute Gasteiger partial charge is 0.455 e. The number of thiophene rings is 1. The van der Waals surface area contributed by atoms with Gasteiger partial charge in [-0.15, -0.1) is 11.3 Å². The topological polar surface area (TPSA) is 56.7 Å². The Kier molecular flexibility index (Phi) is 6.05. The minimum absolute atomic E-state index is 0.619. The van der Waals surface area contributed by atoms with E-state index in [1.807, 2.05) is 72.0 Å². The SMILES string of the molecule is c1ccc(-c2nc(-c3ccccc3)nc(-c3ccc4c(c3)c3c5oc6c(ccc7sc8ccccc8c76)c5ccc3n4-c3ccccc3)n2)cc1. The van der Waals surface area contributed by atoms with E-state index in [-0.39, 0.29) is 0 Å². The highest BCUT2D eigenvalue weighted by molar-refractivity contribution is 7.26. The van der Waals surface area contributed by atoms with E-state index in [0.29, 0.717) is 17.5 Å². The first-order chi connectivity index (χ1) is 25.3. The van der Waals surface area contributed by atoms with E-state index in [1.165, 1.54) is 20.2 Å². The van der Waals surface area contributed by atoms with Crippen molar-refractivity contribution in [1.82, 2.24) is 19.5 Å². The van der Waals surface area contributed by atoms with E-state index >= 15 is 0 Å². The zero-order valence-corrected chi connectivity index (χ0v) is 27.9. The van der Waals surface area contributed by atoms with Gasteiger partial charge in [0, 0.05) is 58.7 Å². The van der Waals surface area contributed by atoms with Crippen LogP contribution in [-0.2, 0) is 0 Å². The maximum atomic E-state index is 7.05. The van der Waals surface area contributed by atoms with E-state index in [1.54, 1.807) is 0 Å². The molecular formula is C45H26N4OS. The lowest BCUT2D eigenvalue weighted by Crippen LogP contribution is -2.00. The number of hydrogen-bond donors (Lipinski definition) is 0. The fraction of sp³-hybridized carbons (Fsp3) is 0. The van der Waals surface area contributed by atoms with Crippen molar-refractivity contribution in [3.8, 4) is 39.9 Å². The molecule has 4 heterocycles. The lowest BCUT2D eigenvalue weighted by molar-refractivity contribution is 0.677. The van der Waals surface area contributed by atoms with E-state index < -0.39 is 0 Å². The van der Waals surface area contributed by atoms with E-state index in [0.717, 1.165) is 66.1 Å². The Balaban J connectivity index is 1.23. The normalized spacial score (nSPS) is 11.9. The number of furan rings is 1. The van der Waals surface area contributed by atoms with Gasteiger partial charge in [-0.25, -0.2) is 15.0 Å². The average molecular weight is 671 g/mol. The fourth-order valence-electron chi connectivity index (χ4n) is 7.54. The van der Waals surface area contributed by atoms with Gasteiger partial charge in [0.1, 0.15) is 11.2 Å². The second-order valence-corrected chi connectivity index (χ2v) is 13.9. The third-order valence-corrected chi connectivity index (χ3v) is 11.0. The standard InChI is InChI=1S/C45H26N4OS/c1-4-12-27(13-5-1)43-46-44(28-14-6-2-7-15-28)48-45(47-43)29-20-23-35-34(26-29)39-36(49(35)30-16-8-3-9-17-30)24-21-31-32-22-25-38-40(42(32)50-41(31)39)33-18-10-11-19-37(33)51-38/h1-26H. The Bertz CT molecular complexity index is 3070. The number of hydrogen-bond acceptors (Lipinski definition) is 5. The van der Waals surface area contributed by atoms with Crippen LogP contribution in [-0.4, -0.2) is 19.5 Å². The first-order valence-electron chi connectivity index (χ1n) is 16.9. The summed E-state index contributed by atoms with van der Waals surface area (Å²) in [5.41, 5.74) is 7.86. The molecule has 0 aliphatic rings. The molecule has 5 nitrogen and oxygen atoms in total. The summed E-state index contributed by atoms with van der Waals surface area (Å²) in [5.74, 6) is 1.89. The monoisotopic (exact) mass is 670 g/mol. The highest BCUT2D eigenvalue weighted by Crippen LogP contribution is 2.45. The summed E-state index contributed by atoms with van der Waals surface area (Å²) in [7, 11) is 0. The summed E-state index contributed by atoms with van der Waals surface area (Å²) in [6.07, 6.45) is 0. The Morgan fingerprint density at radius 1 is 0.412 bits per heavy atom. The van der Waals surface area contributed by atoms with Crippen LogP contribution >= 0.6 is 11.3 Å². The van der Waals surface area contributed by atoms with Crippen LogP contribution in [0.1, 0.15) is 0 Å². The second-order valence-electron chi connectivity index (χ2n) is 12.8. The molecule has 0 fully saturated rings. The summed E-state index contributed by atoms with van der Waals surface area (Å²) < 4.78 is 11.9. The average Bonchev–Trinajstić information content (AvgIpc) is 3.88. The zero-order chi connectivity index (χ0) is 33.5. The number of benzene rings is 7. The van der Waals surface area contributed by atoms with Crippen LogP contribution in [0.5, 0.6) is 0 Å². The van der Waals surface area contributed by atoms with Crippen molar-refractivity contribution in [3.63, 3.8) is 0 Å². The minimum atomic E-state index is 0.619. The first kappa shape index (κ1) is 28.2. The number of para-hydroxylation sites is 1. The van der Waals surface area contributed by atoms with Crippen LogP contribution in [0, 0.1) is 0 Å². The fourth-order valence-corrected chi connectivity index (χ4v) is 8.64.